The molecule has 6 heteroatoms. The molecular formula is C21H21BrN2O3. The van der Waals surface area contributed by atoms with Crippen LogP contribution in [-0.4, -0.2) is 30.1 Å². The van der Waals surface area contributed by atoms with Crippen molar-refractivity contribution in [3.8, 4) is 0 Å². The van der Waals surface area contributed by atoms with Gasteiger partial charge >= 0.3 is 5.97 Å². The second-order valence-corrected chi connectivity index (χ2v) is 7.08. The number of methoxy groups -OCH3 is 1. The fourth-order valence-electron chi connectivity index (χ4n) is 3.06. The van der Waals surface area contributed by atoms with Gasteiger partial charge in [-0.05, 0) is 53.0 Å². The molecule has 3 aromatic rings. The van der Waals surface area contributed by atoms with E-state index in [1.807, 2.05) is 47.9 Å². The summed E-state index contributed by atoms with van der Waals surface area (Å²) in [6, 6.07) is 15.2. The minimum absolute atomic E-state index is 0.0301. The van der Waals surface area contributed by atoms with Gasteiger partial charge in [0.05, 0.1) is 12.7 Å². The van der Waals surface area contributed by atoms with Crippen LogP contribution >= 0.6 is 15.9 Å². The summed E-state index contributed by atoms with van der Waals surface area (Å²) in [5.41, 5.74) is 3.64. The minimum atomic E-state index is -0.352. The van der Waals surface area contributed by atoms with Crippen LogP contribution in [0.5, 0.6) is 0 Å². The number of aromatic nitrogens is 1. The molecular weight excluding hydrogens is 408 g/mol. The Morgan fingerprint density at radius 2 is 1.81 bits per heavy atom. The third-order valence-electron chi connectivity index (χ3n) is 4.57. The number of hydrogen-bond acceptors (Lipinski definition) is 3. The monoisotopic (exact) mass is 428 g/mol. The van der Waals surface area contributed by atoms with Gasteiger partial charge < -0.3 is 14.6 Å². The molecule has 0 aliphatic rings. The smallest absolute Gasteiger partial charge is 0.337 e. The molecule has 0 aliphatic carbocycles. The van der Waals surface area contributed by atoms with Crippen LogP contribution in [-0.2, 0) is 22.5 Å². The van der Waals surface area contributed by atoms with Gasteiger partial charge in [-0.3, -0.25) is 4.79 Å². The van der Waals surface area contributed by atoms with Crippen LogP contribution in [0.1, 0.15) is 21.6 Å². The van der Waals surface area contributed by atoms with E-state index in [1.54, 1.807) is 12.1 Å². The number of para-hydroxylation sites is 1. The van der Waals surface area contributed by atoms with E-state index in [2.05, 4.69) is 26.0 Å². The highest BCUT2D eigenvalue weighted by Crippen LogP contribution is 2.30. The number of halogens is 1. The lowest BCUT2D eigenvalue weighted by molar-refractivity contribution is -0.121. The Balaban J connectivity index is 1.58. The molecule has 0 bridgehead atoms. The molecule has 3 rings (SSSR count). The molecule has 0 saturated heterocycles. The Kier molecular flexibility index (Phi) is 5.96. The summed E-state index contributed by atoms with van der Waals surface area (Å²) in [6.07, 6.45) is 0.697. The lowest BCUT2D eigenvalue weighted by Crippen LogP contribution is -2.29. The number of benzene rings is 2. The number of carbonyl (C=O) groups excluding carboxylic acids is 2. The van der Waals surface area contributed by atoms with Crippen LogP contribution in [0, 0.1) is 6.92 Å². The summed E-state index contributed by atoms with van der Waals surface area (Å²) < 4.78 is 7.72. The van der Waals surface area contributed by atoms with E-state index in [1.165, 1.54) is 7.11 Å². The highest BCUT2D eigenvalue weighted by molar-refractivity contribution is 9.10. The summed E-state index contributed by atoms with van der Waals surface area (Å²) in [5, 5.41) is 4.07. The zero-order valence-corrected chi connectivity index (χ0v) is 16.9. The van der Waals surface area contributed by atoms with Crippen LogP contribution in [0.2, 0.25) is 0 Å². The van der Waals surface area contributed by atoms with Crippen molar-refractivity contribution in [3.05, 3.63) is 69.8 Å². The third kappa shape index (κ3) is 4.22. The summed E-state index contributed by atoms with van der Waals surface area (Å²) in [4.78, 5) is 23.8. The van der Waals surface area contributed by atoms with E-state index in [0.717, 1.165) is 26.6 Å². The average molecular weight is 429 g/mol. The molecule has 0 unspecified atom stereocenters. The topological polar surface area (TPSA) is 60.3 Å². The molecule has 2 aromatic carbocycles. The first-order chi connectivity index (χ1) is 13.0. The molecule has 1 heterocycles. The SMILES string of the molecule is COC(=O)c1ccc(CCNC(=O)Cn2c(C)c(Br)c3ccccc32)cc1. The highest BCUT2D eigenvalue weighted by Gasteiger charge is 2.13. The van der Waals surface area contributed by atoms with Crippen LogP contribution in [0.3, 0.4) is 0 Å². The predicted molar refractivity (Wildman–Crippen MR) is 109 cm³/mol. The van der Waals surface area contributed by atoms with Gasteiger partial charge in [0.2, 0.25) is 5.91 Å². The first-order valence-electron chi connectivity index (χ1n) is 8.68. The quantitative estimate of drug-likeness (QED) is 0.606. The normalized spacial score (nSPS) is 10.8. The average Bonchev–Trinajstić information content (AvgIpc) is 2.93. The fraction of sp³-hybridized carbons (Fsp3) is 0.238. The lowest BCUT2D eigenvalue weighted by Gasteiger charge is -2.10. The van der Waals surface area contributed by atoms with Crippen molar-refractivity contribution in [3.63, 3.8) is 0 Å². The van der Waals surface area contributed by atoms with Crippen molar-refractivity contribution in [1.82, 2.24) is 9.88 Å². The number of nitrogens with zero attached hydrogens (tertiary/aromatic N) is 1. The van der Waals surface area contributed by atoms with Gasteiger partial charge in [0.15, 0.2) is 0 Å². The molecule has 0 radical (unpaired) electrons. The summed E-state index contributed by atoms with van der Waals surface area (Å²) in [5.74, 6) is -0.382. The van der Waals surface area contributed by atoms with E-state index < -0.39 is 0 Å². The van der Waals surface area contributed by atoms with Gasteiger partial charge in [-0.25, -0.2) is 4.79 Å². The Morgan fingerprint density at radius 3 is 2.52 bits per heavy atom. The number of esters is 1. The molecule has 0 fully saturated rings. The molecule has 1 aromatic heterocycles. The zero-order valence-electron chi connectivity index (χ0n) is 15.3. The van der Waals surface area contributed by atoms with E-state index in [9.17, 15) is 9.59 Å². The van der Waals surface area contributed by atoms with Gasteiger partial charge in [-0.2, -0.15) is 0 Å². The molecule has 0 atom stereocenters. The lowest BCUT2D eigenvalue weighted by atomic mass is 10.1. The molecule has 27 heavy (non-hydrogen) atoms. The zero-order chi connectivity index (χ0) is 19.4. The minimum Gasteiger partial charge on any atom is -0.465 e. The molecule has 1 N–H and O–H groups in total. The van der Waals surface area contributed by atoms with Gasteiger partial charge in [-0.15, -0.1) is 0 Å². The maximum absolute atomic E-state index is 12.4. The number of fused-ring (bicyclic) bond motifs is 1. The number of hydrogen-bond donors (Lipinski definition) is 1. The maximum Gasteiger partial charge on any atom is 0.337 e. The third-order valence-corrected chi connectivity index (χ3v) is 5.57. The van der Waals surface area contributed by atoms with Gasteiger partial charge in [0, 0.05) is 27.6 Å². The van der Waals surface area contributed by atoms with Gasteiger partial charge in [-0.1, -0.05) is 30.3 Å². The Hall–Kier alpha value is -2.60. The van der Waals surface area contributed by atoms with E-state index in [0.29, 0.717) is 18.5 Å². The van der Waals surface area contributed by atoms with E-state index >= 15 is 0 Å². The van der Waals surface area contributed by atoms with Crippen molar-refractivity contribution < 1.29 is 14.3 Å². The standard InChI is InChI=1S/C21H21BrN2O3/c1-14-20(22)17-5-3-4-6-18(17)24(14)13-19(25)23-12-11-15-7-9-16(10-8-15)21(26)27-2/h3-10H,11-13H2,1-2H3,(H,23,25). The Morgan fingerprint density at radius 1 is 1.11 bits per heavy atom. The molecule has 1 amide bonds. The van der Waals surface area contributed by atoms with Crippen LogP contribution in [0.15, 0.2) is 53.0 Å². The fourth-order valence-corrected chi connectivity index (χ4v) is 3.61. The first kappa shape index (κ1) is 19.2. The molecule has 0 aliphatic heterocycles. The molecule has 140 valence electrons. The number of nitrogens with one attached hydrogen (secondary N) is 1. The predicted octanol–water partition coefficient (Wildman–Crippen LogP) is 3.86. The summed E-state index contributed by atoms with van der Waals surface area (Å²) in [6.45, 7) is 2.81. The van der Waals surface area contributed by atoms with E-state index in [4.69, 9.17) is 0 Å². The number of amides is 1. The van der Waals surface area contributed by atoms with Gasteiger partial charge in [0.1, 0.15) is 6.54 Å². The van der Waals surface area contributed by atoms with Crippen LogP contribution in [0.25, 0.3) is 10.9 Å². The van der Waals surface area contributed by atoms with Crippen molar-refractivity contribution in [1.29, 1.82) is 0 Å². The van der Waals surface area contributed by atoms with Crippen molar-refractivity contribution in [2.45, 2.75) is 19.9 Å². The van der Waals surface area contributed by atoms with E-state index in [-0.39, 0.29) is 18.4 Å². The Bertz CT molecular complexity index is 977. The van der Waals surface area contributed by atoms with Crippen molar-refractivity contribution in [2.75, 3.05) is 13.7 Å². The van der Waals surface area contributed by atoms with Crippen LogP contribution in [0.4, 0.5) is 0 Å². The van der Waals surface area contributed by atoms with Crippen LogP contribution < -0.4 is 5.32 Å². The second-order valence-electron chi connectivity index (χ2n) is 6.29. The number of ether oxygens (including phenoxy) is 1. The number of rotatable bonds is 6. The van der Waals surface area contributed by atoms with Gasteiger partial charge in [0.25, 0.3) is 0 Å². The summed E-state index contributed by atoms with van der Waals surface area (Å²) in [7, 11) is 1.36. The highest BCUT2D eigenvalue weighted by atomic mass is 79.9. The maximum atomic E-state index is 12.4. The molecule has 0 spiro atoms. The molecule has 0 saturated carbocycles. The number of carbonyl (C=O) groups is 2. The van der Waals surface area contributed by atoms with Crippen molar-refractivity contribution in [2.24, 2.45) is 0 Å². The summed E-state index contributed by atoms with van der Waals surface area (Å²) >= 11 is 3.61. The largest absolute Gasteiger partial charge is 0.465 e. The Labute approximate surface area is 166 Å². The van der Waals surface area contributed by atoms with Crippen molar-refractivity contribution >= 4 is 38.7 Å². The first-order valence-corrected chi connectivity index (χ1v) is 9.48. The second kappa shape index (κ2) is 8.39. The molecule has 5 nitrogen and oxygen atoms in total.